The molecule has 1 aromatic heterocycles. The van der Waals surface area contributed by atoms with Gasteiger partial charge in [-0.2, -0.15) is 11.8 Å². The van der Waals surface area contributed by atoms with E-state index in [9.17, 15) is 4.79 Å². The van der Waals surface area contributed by atoms with E-state index in [2.05, 4.69) is 24.1 Å². The van der Waals surface area contributed by atoms with Crippen LogP contribution in [-0.4, -0.2) is 45.9 Å². The average Bonchev–Trinajstić information content (AvgIpc) is 2.43. The third-order valence-corrected chi connectivity index (χ3v) is 5.19. The molecule has 1 fully saturated rings. The molecular weight excluding hydrogens is 294 g/mol. The number of thioether (sulfide) groups is 1. The summed E-state index contributed by atoms with van der Waals surface area (Å²) < 4.78 is 0. The molecule has 20 heavy (non-hydrogen) atoms. The summed E-state index contributed by atoms with van der Waals surface area (Å²) in [4.78, 5) is 18.9. The zero-order chi connectivity index (χ0) is 14.7. The number of carbonyl (C=O) groups excluding carboxylic acids is 1. The maximum Gasteiger partial charge on any atom is 0.274 e. The van der Waals surface area contributed by atoms with Gasteiger partial charge in [-0.3, -0.25) is 4.79 Å². The van der Waals surface area contributed by atoms with Gasteiger partial charge in [-0.1, -0.05) is 18.5 Å². The summed E-state index contributed by atoms with van der Waals surface area (Å²) in [7, 11) is 0. The highest BCUT2D eigenvalue weighted by molar-refractivity contribution is 8.00. The van der Waals surface area contributed by atoms with Crippen molar-refractivity contribution in [2.24, 2.45) is 0 Å². The molecule has 0 radical (unpaired) electrons. The summed E-state index contributed by atoms with van der Waals surface area (Å²) in [6.07, 6.45) is 0. The van der Waals surface area contributed by atoms with Gasteiger partial charge in [-0.25, -0.2) is 4.98 Å². The van der Waals surface area contributed by atoms with E-state index in [0.717, 1.165) is 18.8 Å². The highest BCUT2D eigenvalue weighted by Crippen LogP contribution is 2.27. The van der Waals surface area contributed by atoms with Gasteiger partial charge in [0.1, 0.15) is 11.5 Å². The first-order valence-electron chi connectivity index (χ1n) is 6.87. The van der Waals surface area contributed by atoms with Crippen molar-refractivity contribution in [1.82, 2.24) is 9.88 Å². The van der Waals surface area contributed by atoms with Crippen LogP contribution in [0.25, 0.3) is 0 Å². The van der Waals surface area contributed by atoms with Gasteiger partial charge in [-0.15, -0.1) is 0 Å². The van der Waals surface area contributed by atoms with Crippen LogP contribution in [0.15, 0.2) is 12.1 Å². The number of nitrogens with one attached hydrogen (secondary N) is 1. The fourth-order valence-electron chi connectivity index (χ4n) is 2.23. The average molecular weight is 314 g/mol. The van der Waals surface area contributed by atoms with Gasteiger partial charge < -0.3 is 10.2 Å². The predicted octanol–water partition coefficient (Wildman–Crippen LogP) is 3.13. The van der Waals surface area contributed by atoms with Crippen LogP contribution in [0.2, 0.25) is 5.02 Å². The first-order valence-corrected chi connectivity index (χ1v) is 8.30. The third kappa shape index (κ3) is 3.20. The van der Waals surface area contributed by atoms with Crippen LogP contribution in [-0.2, 0) is 0 Å². The quantitative estimate of drug-likeness (QED) is 0.931. The molecule has 1 amide bonds. The Balaban J connectivity index is 2.25. The number of carbonyl (C=O) groups is 1. The highest BCUT2D eigenvalue weighted by Gasteiger charge is 2.31. The van der Waals surface area contributed by atoms with Crippen molar-refractivity contribution in [3.05, 3.63) is 22.8 Å². The molecule has 2 rings (SSSR count). The van der Waals surface area contributed by atoms with Gasteiger partial charge in [0.2, 0.25) is 0 Å². The maximum absolute atomic E-state index is 12.7. The topological polar surface area (TPSA) is 45.2 Å². The molecule has 1 aliphatic rings. The number of hydrogen-bond donors (Lipinski definition) is 1. The first-order chi connectivity index (χ1) is 9.54. The Labute approximate surface area is 129 Å². The van der Waals surface area contributed by atoms with Crippen LogP contribution in [0.4, 0.5) is 5.82 Å². The molecule has 2 heterocycles. The van der Waals surface area contributed by atoms with Crippen LogP contribution in [0.1, 0.15) is 31.3 Å². The number of nitrogens with zero attached hydrogens (tertiary/aromatic N) is 2. The zero-order valence-corrected chi connectivity index (χ0v) is 13.6. The summed E-state index contributed by atoms with van der Waals surface area (Å²) in [5.74, 6) is 1.57. The molecule has 2 unspecified atom stereocenters. The number of halogens is 1. The first kappa shape index (κ1) is 15.4. The third-order valence-electron chi connectivity index (χ3n) is 3.55. The van der Waals surface area contributed by atoms with E-state index >= 15 is 0 Å². The lowest BCUT2D eigenvalue weighted by atomic mass is 10.2. The van der Waals surface area contributed by atoms with Crippen molar-refractivity contribution in [3.63, 3.8) is 0 Å². The minimum atomic E-state index is -0.0746. The van der Waals surface area contributed by atoms with E-state index in [1.54, 1.807) is 12.1 Å². The Bertz CT molecular complexity index is 497. The van der Waals surface area contributed by atoms with E-state index in [4.69, 9.17) is 11.6 Å². The van der Waals surface area contributed by atoms with Crippen molar-refractivity contribution in [2.45, 2.75) is 32.1 Å². The van der Waals surface area contributed by atoms with Crippen molar-refractivity contribution < 1.29 is 4.79 Å². The van der Waals surface area contributed by atoms with E-state index in [1.807, 2.05) is 23.6 Å². The van der Waals surface area contributed by atoms with Crippen LogP contribution in [0, 0.1) is 0 Å². The van der Waals surface area contributed by atoms with Crippen LogP contribution < -0.4 is 5.32 Å². The Morgan fingerprint density at radius 3 is 3.00 bits per heavy atom. The number of rotatable bonds is 3. The molecule has 0 bridgehead atoms. The summed E-state index contributed by atoms with van der Waals surface area (Å²) in [5.41, 5.74) is 0.344. The largest absolute Gasteiger partial charge is 0.370 e. The van der Waals surface area contributed by atoms with Crippen molar-refractivity contribution in [3.8, 4) is 0 Å². The van der Waals surface area contributed by atoms with Crippen LogP contribution in [0.5, 0.6) is 0 Å². The van der Waals surface area contributed by atoms with Crippen LogP contribution >= 0.6 is 23.4 Å². The second kappa shape index (κ2) is 6.68. The van der Waals surface area contributed by atoms with Crippen molar-refractivity contribution >= 4 is 35.1 Å². The Morgan fingerprint density at radius 1 is 1.55 bits per heavy atom. The molecule has 6 heteroatoms. The molecule has 4 nitrogen and oxygen atoms in total. The normalized spacial score (nSPS) is 22.7. The predicted molar refractivity (Wildman–Crippen MR) is 85.8 cm³/mol. The summed E-state index contributed by atoms with van der Waals surface area (Å²) in [6, 6.07) is 3.72. The second-order valence-electron chi connectivity index (χ2n) is 4.87. The lowest BCUT2D eigenvalue weighted by Gasteiger charge is -2.37. The molecule has 1 aliphatic heterocycles. The summed E-state index contributed by atoms with van der Waals surface area (Å²) in [6.45, 7) is 7.73. The fraction of sp³-hybridized carbons (Fsp3) is 0.571. The molecule has 110 valence electrons. The van der Waals surface area contributed by atoms with Gasteiger partial charge in [-0.05, 0) is 26.0 Å². The smallest absolute Gasteiger partial charge is 0.274 e. The molecule has 0 spiro atoms. The molecule has 1 saturated heterocycles. The Morgan fingerprint density at radius 2 is 2.30 bits per heavy atom. The number of hydrogen-bond acceptors (Lipinski definition) is 4. The van der Waals surface area contributed by atoms with Gasteiger partial charge in [0.15, 0.2) is 0 Å². The number of amides is 1. The lowest BCUT2D eigenvalue weighted by molar-refractivity contribution is 0.0692. The van der Waals surface area contributed by atoms with Crippen molar-refractivity contribution in [2.75, 3.05) is 24.2 Å². The van der Waals surface area contributed by atoms with Crippen molar-refractivity contribution in [1.29, 1.82) is 0 Å². The lowest BCUT2D eigenvalue weighted by Crippen LogP contribution is -2.48. The molecule has 0 saturated carbocycles. The van der Waals surface area contributed by atoms with Gasteiger partial charge in [0, 0.05) is 30.1 Å². The summed E-state index contributed by atoms with van der Waals surface area (Å²) >= 11 is 8.05. The van der Waals surface area contributed by atoms with E-state index in [0.29, 0.717) is 21.8 Å². The molecule has 0 aliphatic carbocycles. The molecular formula is C14H20ClN3OS. The van der Waals surface area contributed by atoms with Gasteiger partial charge in [0.25, 0.3) is 5.91 Å². The minimum Gasteiger partial charge on any atom is -0.370 e. The molecule has 1 N–H and O–H groups in total. The van der Waals surface area contributed by atoms with Crippen LogP contribution in [0.3, 0.4) is 0 Å². The SMILES string of the molecule is CCNc1ccc(Cl)c(C(=O)N2CCSC(C)C2C)n1. The monoisotopic (exact) mass is 313 g/mol. The maximum atomic E-state index is 12.7. The van der Waals surface area contributed by atoms with E-state index in [-0.39, 0.29) is 11.9 Å². The van der Waals surface area contributed by atoms with E-state index < -0.39 is 0 Å². The number of aromatic nitrogens is 1. The fourth-order valence-corrected chi connectivity index (χ4v) is 3.51. The van der Waals surface area contributed by atoms with E-state index in [1.165, 1.54) is 0 Å². The molecule has 2 atom stereocenters. The summed E-state index contributed by atoms with van der Waals surface area (Å²) in [5, 5.41) is 3.95. The standard InChI is InChI=1S/C14H20ClN3OS/c1-4-16-12-6-5-11(15)13(17-12)14(19)18-7-8-20-10(3)9(18)2/h5-6,9-10H,4,7-8H2,1-3H3,(H,16,17). The number of anilines is 1. The number of pyridine rings is 1. The zero-order valence-electron chi connectivity index (χ0n) is 12.0. The minimum absolute atomic E-state index is 0.0746. The molecule has 0 aromatic carbocycles. The van der Waals surface area contributed by atoms with Gasteiger partial charge in [0.05, 0.1) is 5.02 Å². The second-order valence-corrected chi connectivity index (χ2v) is 6.76. The molecule has 1 aromatic rings. The highest BCUT2D eigenvalue weighted by atomic mass is 35.5. The Kier molecular flexibility index (Phi) is 5.16. The Hall–Kier alpha value is -0.940. The van der Waals surface area contributed by atoms with Gasteiger partial charge >= 0.3 is 0 Å².